The number of rotatable bonds is 1. The molecule has 0 spiro atoms. The minimum atomic E-state index is 0.0466. The van der Waals surface area contributed by atoms with E-state index >= 15 is 0 Å². The lowest BCUT2D eigenvalue weighted by atomic mass is 9.82. The average molecular weight is 221 g/mol. The number of benzene rings is 2. The lowest BCUT2D eigenvalue weighted by molar-refractivity contribution is 0.660. The lowest BCUT2D eigenvalue weighted by Gasteiger charge is -2.21. The Hall–Kier alpha value is -1.89. The Morgan fingerprint density at radius 3 is 2.41 bits per heavy atom. The van der Waals surface area contributed by atoms with E-state index in [1.165, 1.54) is 28.5 Å². The first kappa shape index (κ1) is 10.3. The molecular formula is C16H15N. The average Bonchev–Trinajstić information content (AvgIpc) is 2.59. The Kier molecular flexibility index (Phi) is 1.99. The molecule has 17 heavy (non-hydrogen) atoms. The molecule has 0 heterocycles. The molecule has 0 radical (unpaired) electrons. The van der Waals surface area contributed by atoms with Gasteiger partial charge in [-0.1, -0.05) is 50.2 Å². The SMILES string of the molecule is CC1(C)c2ccccc2-c2ccc(C=N)cc21. The monoisotopic (exact) mass is 221 g/mol. The van der Waals surface area contributed by atoms with Gasteiger partial charge in [-0.3, -0.25) is 0 Å². The maximum absolute atomic E-state index is 7.37. The van der Waals surface area contributed by atoms with Gasteiger partial charge in [0.25, 0.3) is 0 Å². The van der Waals surface area contributed by atoms with Crippen LogP contribution >= 0.6 is 0 Å². The molecule has 0 bridgehead atoms. The highest BCUT2D eigenvalue weighted by atomic mass is 14.4. The molecule has 1 aliphatic carbocycles. The van der Waals surface area contributed by atoms with Crippen molar-refractivity contribution in [3.63, 3.8) is 0 Å². The molecule has 0 unspecified atom stereocenters. The van der Waals surface area contributed by atoms with Crippen LogP contribution in [-0.2, 0) is 5.41 Å². The van der Waals surface area contributed by atoms with E-state index in [1.54, 1.807) is 0 Å². The number of fused-ring (bicyclic) bond motifs is 3. The van der Waals surface area contributed by atoms with Crippen molar-refractivity contribution in [2.75, 3.05) is 0 Å². The quantitative estimate of drug-likeness (QED) is 0.704. The van der Waals surface area contributed by atoms with Crippen molar-refractivity contribution in [1.82, 2.24) is 0 Å². The summed E-state index contributed by atoms with van der Waals surface area (Å²) in [6, 6.07) is 14.9. The number of hydrogen-bond donors (Lipinski definition) is 1. The third-order valence-corrected chi connectivity index (χ3v) is 3.77. The molecule has 0 aliphatic heterocycles. The topological polar surface area (TPSA) is 23.9 Å². The molecule has 84 valence electrons. The largest absolute Gasteiger partial charge is 0.308 e. The lowest BCUT2D eigenvalue weighted by Crippen LogP contribution is -2.15. The van der Waals surface area contributed by atoms with E-state index < -0.39 is 0 Å². The van der Waals surface area contributed by atoms with Gasteiger partial charge in [0.15, 0.2) is 0 Å². The summed E-state index contributed by atoms with van der Waals surface area (Å²) in [6.45, 7) is 4.51. The second-order valence-corrected chi connectivity index (χ2v) is 5.12. The second-order valence-electron chi connectivity index (χ2n) is 5.12. The zero-order valence-electron chi connectivity index (χ0n) is 10.1. The summed E-state index contributed by atoms with van der Waals surface area (Å²) < 4.78 is 0. The van der Waals surface area contributed by atoms with Crippen LogP contribution in [0.1, 0.15) is 30.5 Å². The highest BCUT2D eigenvalue weighted by Crippen LogP contribution is 2.48. The van der Waals surface area contributed by atoms with Crippen molar-refractivity contribution in [3.8, 4) is 11.1 Å². The first-order valence-corrected chi connectivity index (χ1v) is 5.89. The zero-order valence-corrected chi connectivity index (χ0v) is 10.1. The molecule has 1 aliphatic rings. The van der Waals surface area contributed by atoms with Crippen molar-refractivity contribution < 1.29 is 0 Å². The summed E-state index contributed by atoms with van der Waals surface area (Å²) >= 11 is 0. The van der Waals surface area contributed by atoms with Crippen molar-refractivity contribution >= 4 is 6.21 Å². The fraction of sp³-hybridized carbons (Fsp3) is 0.188. The molecule has 3 rings (SSSR count). The van der Waals surface area contributed by atoms with E-state index in [0.29, 0.717) is 0 Å². The summed E-state index contributed by atoms with van der Waals surface area (Å²) in [6.07, 6.45) is 1.42. The van der Waals surface area contributed by atoms with E-state index in [2.05, 4.69) is 50.2 Å². The molecule has 2 aromatic carbocycles. The summed E-state index contributed by atoms with van der Waals surface area (Å²) in [7, 11) is 0. The fourth-order valence-corrected chi connectivity index (χ4v) is 2.81. The zero-order chi connectivity index (χ0) is 12.0. The van der Waals surface area contributed by atoms with Crippen LogP contribution in [0, 0.1) is 5.41 Å². The minimum absolute atomic E-state index is 0.0466. The van der Waals surface area contributed by atoms with Gasteiger partial charge in [0, 0.05) is 11.6 Å². The number of nitrogens with one attached hydrogen (secondary N) is 1. The maximum atomic E-state index is 7.37. The van der Waals surface area contributed by atoms with Crippen molar-refractivity contribution in [2.45, 2.75) is 19.3 Å². The van der Waals surface area contributed by atoms with E-state index in [4.69, 9.17) is 5.41 Å². The molecule has 1 heteroatoms. The normalized spacial score (nSPS) is 15.2. The van der Waals surface area contributed by atoms with Crippen LogP contribution in [0.15, 0.2) is 42.5 Å². The van der Waals surface area contributed by atoms with E-state index in [-0.39, 0.29) is 5.41 Å². The smallest absolute Gasteiger partial charge is 0.0250 e. The van der Waals surface area contributed by atoms with Crippen LogP contribution in [0.25, 0.3) is 11.1 Å². The predicted molar refractivity (Wildman–Crippen MR) is 71.9 cm³/mol. The molecule has 0 atom stereocenters. The van der Waals surface area contributed by atoms with Crippen LogP contribution in [0.2, 0.25) is 0 Å². The molecule has 0 saturated heterocycles. The van der Waals surface area contributed by atoms with Gasteiger partial charge in [0.2, 0.25) is 0 Å². The third kappa shape index (κ3) is 1.29. The van der Waals surface area contributed by atoms with Crippen molar-refractivity contribution in [1.29, 1.82) is 5.41 Å². The third-order valence-electron chi connectivity index (χ3n) is 3.77. The highest BCUT2D eigenvalue weighted by molar-refractivity contribution is 5.85. The van der Waals surface area contributed by atoms with Gasteiger partial charge in [0.1, 0.15) is 0 Å². The maximum Gasteiger partial charge on any atom is 0.0250 e. The van der Waals surface area contributed by atoms with Crippen LogP contribution in [0.4, 0.5) is 0 Å². The molecule has 1 nitrogen and oxygen atoms in total. The van der Waals surface area contributed by atoms with E-state index in [1.807, 2.05) is 6.07 Å². The van der Waals surface area contributed by atoms with Gasteiger partial charge in [-0.2, -0.15) is 0 Å². The Labute approximate surface area is 102 Å². The first-order chi connectivity index (χ1) is 8.14. The summed E-state index contributed by atoms with van der Waals surface area (Å²) in [4.78, 5) is 0. The Morgan fingerprint density at radius 1 is 0.941 bits per heavy atom. The molecule has 2 aromatic rings. The molecule has 0 saturated carbocycles. The Morgan fingerprint density at radius 2 is 1.65 bits per heavy atom. The van der Waals surface area contributed by atoms with Crippen LogP contribution in [0.3, 0.4) is 0 Å². The molecule has 1 N–H and O–H groups in total. The molecule has 0 aromatic heterocycles. The van der Waals surface area contributed by atoms with Gasteiger partial charge >= 0.3 is 0 Å². The van der Waals surface area contributed by atoms with Gasteiger partial charge in [-0.25, -0.2) is 0 Å². The van der Waals surface area contributed by atoms with Gasteiger partial charge in [0.05, 0.1) is 0 Å². The van der Waals surface area contributed by atoms with Gasteiger partial charge < -0.3 is 5.41 Å². The van der Waals surface area contributed by atoms with Gasteiger partial charge in [-0.05, 0) is 33.9 Å². The summed E-state index contributed by atoms with van der Waals surface area (Å²) in [5, 5.41) is 7.37. The highest BCUT2D eigenvalue weighted by Gasteiger charge is 2.34. The first-order valence-electron chi connectivity index (χ1n) is 5.89. The molecule has 0 fully saturated rings. The van der Waals surface area contributed by atoms with Crippen LogP contribution < -0.4 is 0 Å². The van der Waals surface area contributed by atoms with E-state index in [9.17, 15) is 0 Å². The van der Waals surface area contributed by atoms with Crippen LogP contribution in [0.5, 0.6) is 0 Å². The fourth-order valence-electron chi connectivity index (χ4n) is 2.81. The number of hydrogen-bond acceptors (Lipinski definition) is 1. The predicted octanol–water partition coefficient (Wildman–Crippen LogP) is 3.99. The molecule has 0 amide bonds. The van der Waals surface area contributed by atoms with Crippen LogP contribution in [-0.4, -0.2) is 6.21 Å². The summed E-state index contributed by atoms with van der Waals surface area (Å²) in [5.41, 5.74) is 6.40. The Bertz CT molecular complexity index is 609. The van der Waals surface area contributed by atoms with Crippen molar-refractivity contribution in [2.24, 2.45) is 0 Å². The Balaban J connectivity index is 2.35. The van der Waals surface area contributed by atoms with Gasteiger partial charge in [-0.15, -0.1) is 0 Å². The molecular weight excluding hydrogens is 206 g/mol. The van der Waals surface area contributed by atoms with Crippen molar-refractivity contribution in [3.05, 3.63) is 59.2 Å². The standard InChI is InChI=1S/C16H15N/c1-16(2)14-6-4-3-5-12(14)13-8-7-11(10-17)9-15(13)16/h3-10,17H,1-2H3. The summed E-state index contributed by atoms with van der Waals surface area (Å²) in [5.74, 6) is 0. The van der Waals surface area contributed by atoms with E-state index in [0.717, 1.165) is 5.56 Å². The second kappa shape index (κ2) is 3.30. The minimum Gasteiger partial charge on any atom is -0.308 e.